The van der Waals surface area contributed by atoms with Crippen molar-refractivity contribution >= 4 is 17.6 Å². The maximum Gasteiger partial charge on any atom is 0.417 e. The van der Waals surface area contributed by atoms with Crippen LogP contribution in [0.4, 0.5) is 23.7 Å². The molecular formula is C26H28F3N5O2. The number of nitrogens with two attached hydrogens (primary N) is 1. The van der Waals surface area contributed by atoms with Gasteiger partial charge < -0.3 is 20.9 Å². The first-order valence-corrected chi connectivity index (χ1v) is 11.9. The number of nitriles is 1. The van der Waals surface area contributed by atoms with E-state index in [2.05, 4.69) is 5.32 Å². The average molecular weight is 500 g/mol. The van der Waals surface area contributed by atoms with Gasteiger partial charge in [-0.2, -0.15) is 18.4 Å². The summed E-state index contributed by atoms with van der Waals surface area (Å²) in [6.07, 6.45) is -2.91. The second-order valence-corrected chi connectivity index (χ2v) is 9.49. The van der Waals surface area contributed by atoms with Crippen LogP contribution in [0.25, 0.3) is 0 Å². The Morgan fingerprint density at radius 3 is 2.44 bits per heavy atom. The molecule has 2 aliphatic rings. The lowest BCUT2D eigenvalue weighted by Gasteiger charge is -2.41. The number of benzene rings is 2. The number of hydrogen-bond donors (Lipinski definition) is 2. The molecule has 7 nitrogen and oxygen atoms in total. The van der Waals surface area contributed by atoms with Crippen LogP contribution in [0, 0.1) is 22.7 Å². The summed E-state index contributed by atoms with van der Waals surface area (Å²) in [5, 5.41) is 12.0. The Morgan fingerprint density at radius 1 is 1.14 bits per heavy atom. The van der Waals surface area contributed by atoms with Gasteiger partial charge >= 0.3 is 12.2 Å². The monoisotopic (exact) mass is 499 g/mol. The average Bonchev–Trinajstić information content (AvgIpc) is 3.23. The fraction of sp³-hybridized carbons (Fsp3) is 0.423. The van der Waals surface area contributed by atoms with E-state index in [-0.39, 0.29) is 12.6 Å². The largest absolute Gasteiger partial charge is 0.417 e. The summed E-state index contributed by atoms with van der Waals surface area (Å²) in [5.74, 6) is -1.05. The number of nitrogens with zero attached hydrogens (tertiary/aromatic N) is 3. The fourth-order valence-electron chi connectivity index (χ4n) is 5.35. The highest BCUT2D eigenvalue weighted by Crippen LogP contribution is 2.46. The van der Waals surface area contributed by atoms with Crippen LogP contribution in [0.3, 0.4) is 0 Å². The highest BCUT2D eigenvalue weighted by Gasteiger charge is 2.51. The molecule has 3 amide bonds. The number of alkyl halides is 3. The second-order valence-electron chi connectivity index (χ2n) is 9.49. The lowest BCUT2D eigenvalue weighted by atomic mass is 9.70. The molecule has 2 saturated heterocycles. The van der Waals surface area contributed by atoms with Gasteiger partial charge in [0, 0.05) is 43.8 Å². The van der Waals surface area contributed by atoms with Crippen LogP contribution in [-0.4, -0.2) is 49.6 Å². The van der Waals surface area contributed by atoms with Gasteiger partial charge in [0.15, 0.2) is 0 Å². The molecule has 0 aliphatic carbocycles. The van der Waals surface area contributed by atoms with Crippen LogP contribution < -0.4 is 16.0 Å². The van der Waals surface area contributed by atoms with Crippen molar-refractivity contribution in [2.75, 3.05) is 37.6 Å². The van der Waals surface area contributed by atoms with Gasteiger partial charge in [-0.25, -0.2) is 4.79 Å². The number of halogens is 3. The minimum absolute atomic E-state index is 0.173. The topological polar surface area (TPSA) is 102 Å². The van der Waals surface area contributed by atoms with Crippen molar-refractivity contribution in [1.29, 1.82) is 5.26 Å². The fourth-order valence-corrected chi connectivity index (χ4v) is 5.35. The number of urea groups is 1. The molecule has 0 saturated carbocycles. The Morgan fingerprint density at radius 2 is 1.83 bits per heavy atom. The number of hydrogen-bond acceptors (Lipinski definition) is 4. The number of rotatable bonds is 5. The van der Waals surface area contributed by atoms with Gasteiger partial charge in [0.1, 0.15) is 0 Å². The molecule has 3 N–H and O–H groups in total. The quantitative estimate of drug-likeness (QED) is 0.657. The lowest BCUT2D eigenvalue weighted by molar-refractivity contribution is -0.137. The number of carbonyl (C=O) groups is 2. The Bertz CT molecular complexity index is 1150. The maximum atomic E-state index is 13.5. The van der Waals surface area contributed by atoms with E-state index in [0.29, 0.717) is 51.1 Å². The standard InChI is InChI=1S/C26H28F3N5O2/c27-26(28,29)21-14-20(7-6-19(21)15-30)34-16-22(23(31)35)25(17-34)9-12-33(13-10-25)24(36)32-11-8-18-4-2-1-3-5-18/h1-7,14,22H,8-13,16-17H2,(H2,31,35)(H,32,36). The van der Waals surface area contributed by atoms with Crippen LogP contribution in [-0.2, 0) is 17.4 Å². The molecule has 190 valence electrons. The van der Waals surface area contributed by atoms with Crippen molar-refractivity contribution in [2.45, 2.75) is 25.4 Å². The number of amides is 3. The van der Waals surface area contributed by atoms with Crippen LogP contribution in [0.1, 0.15) is 29.5 Å². The molecule has 1 atom stereocenters. The normalized spacial score (nSPS) is 19.2. The number of nitrogens with one attached hydrogen (secondary N) is 1. The molecule has 2 heterocycles. The lowest BCUT2D eigenvalue weighted by Crippen LogP contribution is -2.51. The van der Waals surface area contributed by atoms with Gasteiger partial charge in [0.25, 0.3) is 0 Å². The first-order chi connectivity index (χ1) is 17.1. The molecule has 1 unspecified atom stereocenters. The van der Waals surface area contributed by atoms with E-state index in [1.165, 1.54) is 6.07 Å². The number of carbonyl (C=O) groups excluding carboxylic acids is 2. The molecule has 10 heteroatoms. The summed E-state index contributed by atoms with van der Waals surface area (Å²) in [7, 11) is 0. The van der Waals surface area contributed by atoms with Crippen LogP contribution in [0.15, 0.2) is 48.5 Å². The van der Waals surface area contributed by atoms with E-state index in [1.54, 1.807) is 15.9 Å². The van der Waals surface area contributed by atoms with E-state index in [1.807, 2.05) is 30.3 Å². The highest BCUT2D eigenvalue weighted by molar-refractivity contribution is 5.80. The molecule has 2 aliphatic heterocycles. The van der Waals surface area contributed by atoms with E-state index in [4.69, 9.17) is 11.0 Å². The minimum atomic E-state index is -4.67. The Balaban J connectivity index is 1.42. The molecule has 36 heavy (non-hydrogen) atoms. The maximum absolute atomic E-state index is 13.5. The van der Waals surface area contributed by atoms with Crippen LogP contribution >= 0.6 is 0 Å². The number of likely N-dealkylation sites (tertiary alicyclic amines) is 1. The van der Waals surface area contributed by atoms with E-state index < -0.39 is 34.5 Å². The molecule has 2 fully saturated rings. The van der Waals surface area contributed by atoms with E-state index in [0.717, 1.165) is 17.7 Å². The van der Waals surface area contributed by atoms with Crippen molar-refractivity contribution < 1.29 is 22.8 Å². The third-order valence-electron chi connectivity index (χ3n) is 7.36. The SMILES string of the molecule is N#Cc1ccc(N2CC(C(N)=O)C3(CCN(C(=O)NCCc4ccccc4)CC3)C2)cc1C(F)(F)F. The molecule has 2 aromatic carbocycles. The molecule has 0 bridgehead atoms. The van der Waals surface area contributed by atoms with Gasteiger partial charge in [-0.15, -0.1) is 0 Å². The zero-order valence-corrected chi connectivity index (χ0v) is 19.7. The third-order valence-corrected chi connectivity index (χ3v) is 7.36. The van der Waals surface area contributed by atoms with Crippen molar-refractivity contribution in [3.05, 3.63) is 65.2 Å². The zero-order valence-electron chi connectivity index (χ0n) is 19.7. The van der Waals surface area contributed by atoms with Crippen molar-refractivity contribution in [3.63, 3.8) is 0 Å². The molecule has 0 aromatic heterocycles. The first-order valence-electron chi connectivity index (χ1n) is 11.9. The zero-order chi connectivity index (χ0) is 25.9. The summed E-state index contributed by atoms with van der Waals surface area (Å²) in [4.78, 5) is 28.5. The van der Waals surface area contributed by atoms with Crippen molar-refractivity contribution in [2.24, 2.45) is 17.1 Å². The van der Waals surface area contributed by atoms with Gasteiger partial charge in [-0.05, 0) is 43.0 Å². The van der Waals surface area contributed by atoms with Gasteiger partial charge in [0.05, 0.1) is 23.1 Å². The first kappa shape index (κ1) is 25.4. The van der Waals surface area contributed by atoms with Crippen LogP contribution in [0.2, 0.25) is 0 Å². The Hall–Kier alpha value is -3.74. The van der Waals surface area contributed by atoms with Gasteiger partial charge in [-0.3, -0.25) is 4.79 Å². The smallest absolute Gasteiger partial charge is 0.370 e. The second kappa shape index (κ2) is 10.1. The highest BCUT2D eigenvalue weighted by atomic mass is 19.4. The number of primary amides is 1. The third kappa shape index (κ3) is 5.25. The van der Waals surface area contributed by atoms with Gasteiger partial charge in [-0.1, -0.05) is 30.3 Å². The number of piperidine rings is 1. The summed E-state index contributed by atoms with van der Waals surface area (Å²) < 4.78 is 40.4. The van der Waals surface area contributed by atoms with Crippen LogP contribution in [0.5, 0.6) is 0 Å². The van der Waals surface area contributed by atoms with E-state index >= 15 is 0 Å². The molecule has 0 radical (unpaired) electrons. The summed E-state index contributed by atoms with van der Waals surface area (Å²) >= 11 is 0. The van der Waals surface area contributed by atoms with E-state index in [9.17, 15) is 22.8 Å². The van der Waals surface area contributed by atoms with Gasteiger partial charge in [0.2, 0.25) is 5.91 Å². The Labute approximate surface area is 207 Å². The minimum Gasteiger partial charge on any atom is -0.370 e. The molecule has 2 aromatic rings. The summed E-state index contributed by atoms with van der Waals surface area (Å²) in [6, 6.07) is 14.8. The summed E-state index contributed by atoms with van der Waals surface area (Å²) in [6.45, 7) is 1.91. The predicted octanol–water partition coefficient (Wildman–Crippen LogP) is 3.53. The Kier molecular flexibility index (Phi) is 7.11. The summed E-state index contributed by atoms with van der Waals surface area (Å²) in [5.41, 5.74) is 5.17. The molecule has 1 spiro atoms. The van der Waals surface area contributed by atoms with Crippen molar-refractivity contribution in [1.82, 2.24) is 10.2 Å². The molecular weight excluding hydrogens is 471 g/mol. The molecule has 4 rings (SSSR count). The number of anilines is 1. The van der Waals surface area contributed by atoms with Crippen molar-refractivity contribution in [3.8, 4) is 6.07 Å². The predicted molar refractivity (Wildman–Crippen MR) is 128 cm³/mol.